The summed E-state index contributed by atoms with van der Waals surface area (Å²) in [4.78, 5) is 33.3. The zero-order valence-electron chi connectivity index (χ0n) is 15.5. The second-order valence-corrected chi connectivity index (χ2v) is 7.24. The highest BCUT2D eigenvalue weighted by Gasteiger charge is 2.22. The fourth-order valence-corrected chi connectivity index (χ4v) is 3.75. The van der Waals surface area contributed by atoms with Gasteiger partial charge in [-0.2, -0.15) is 0 Å². The number of carbonyl (C=O) groups is 1. The molecule has 7 nitrogen and oxygen atoms in total. The lowest BCUT2D eigenvalue weighted by Crippen LogP contribution is -2.38. The van der Waals surface area contributed by atoms with Crippen molar-refractivity contribution in [3.63, 3.8) is 0 Å². The van der Waals surface area contributed by atoms with Crippen molar-refractivity contribution in [2.75, 3.05) is 25.0 Å². The lowest BCUT2D eigenvalue weighted by Gasteiger charge is -2.31. The largest absolute Gasteiger partial charge is 0.487 e. The number of fused-ring (bicyclic) bond motifs is 2. The highest BCUT2D eigenvalue weighted by molar-refractivity contribution is 5.73. The highest BCUT2D eigenvalue weighted by Crippen LogP contribution is 2.26. The number of benzene rings is 1. The molecule has 1 saturated heterocycles. The van der Waals surface area contributed by atoms with Gasteiger partial charge in [0.1, 0.15) is 12.4 Å². The molecule has 0 radical (unpaired) electrons. The van der Waals surface area contributed by atoms with E-state index in [1.807, 2.05) is 29.2 Å². The number of likely N-dealkylation sites (tertiary alicyclic amines) is 1. The van der Waals surface area contributed by atoms with Crippen LogP contribution in [-0.4, -0.2) is 40.4 Å². The van der Waals surface area contributed by atoms with Gasteiger partial charge in [0.15, 0.2) is 0 Å². The van der Waals surface area contributed by atoms with Crippen LogP contribution in [0.3, 0.4) is 0 Å². The monoisotopic (exact) mass is 368 g/mol. The van der Waals surface area contributed by atoms with E-state index in [2.05, 4.69) is 15.3 Å². The standard InChI is InChI=1S/C20H24N4O3/c1-13(25)24-8-6-14(7-9-24)11-21-20-22-17-12-27-18-5-3-2-4-15(18)10-16(17)19(26)23-20/h2-5,14H,6-12H2,1H3,(H2,21,22,23,26). The van der Waals surface area contributed by atoms with Crippen LogP contribution in [0, 0.1) is 5.92 Å². The molecular formula is C20H24N4O3. The maximum absolute atomic E-state index is 12.6. The van der Waals surface area contributed by atoms with Crippen LogP contribution in [0.2, 0.25) is 0 Å². The molecule has 0 atom stereocenters. The minimum Gasteiger partial charge on any atom is -0.487 e. The Labute approximate surface area is 157 Å². The van der Waals surface area contributed by atoms with Gasteiger partial charge in [-0.1, -0.05) is 18.2 Å². The highest BCUT2D eigenvalue weighted by atomic mass is 16.5. The van der Waals surface area contributed by atoms with Crippen LogP contribution in [0.1, 0.15) is 36.6 Å². The molecule has 1 amide bonds. The van der Waals surface area contributed by atoms with Gasteiger partial charge in [-0.05, 0) is 30.4 Å². The molecule has 2 N–H and O–H groups in total. The molecule has 0 aliphatic carbocycles. The lowest BCUT2D eigenvalue weighted by atomic mass is 9.97. The SMILES string of the molecule is CC(=O)N1CCC(CNc2nc3c(c(=O)[nH]2)Cc2ccccc2OC3)CC1. The Morgan fingerprint density at radius 3 is 2.89 bits per heavy atom. The number of rotatable bonds is 3. The Kier molecular flexibility index (Phi) is 4.83. The first kappa shape index (κ1) is 17.6. The number of H-pyrrole nitrogens is 1. The molecule has 4 rings (SSSR count). The molecule has 27 heavy (non-hydrogen) atoms. The summed E-state index contributed by atoms with van der Waals surface area (Å²) in [5, 5.41) is 3.27. The van der Waals surface area contributed by atoms with E-state index in [1.54, 1.807) is 6.92 Å². The molecule has 2 aliphatic heterocycles. The van der Waals surface area contributed by atoms with Crippen LogP contribution in [0.5, 0.6) is 5.75 Å². The average molecular weight is 368 g/mol. The van der Waals surface area contributed by atoms with Crippen molar-refractivity contribution in [1.82, 2.24) is 14.9 Å². The third-order valence-electron chi connectivity index (χ3n) is 5.42. The molecule has 0 saturated carbocycles. The van der Waals surface area contributed by atoms with E-state index in [0.717, 1.165) is 43.8 Å². The van der Waals surface area contributed by atoms with Crippen LogP contribution in [0.4, 0.5) is 5.95 Å². The van der Waals surface area contributed by atoms with Gasteiger partial charge in [0.05, 0.1) is 5.69 Å². The predicted molar refractivity (Wildman–Crippen MR) is 102 cm³/mol. The number of anilines is 1. The lowest BCUT2D eigenvalue weighted by molar-refractivity contribution is -0.130. The number of nitrogens with one attached hydrogen (secondary N) is 2. The van der Waals surface area contributed by atoms with E-state index in [9.17, 15) is 9.59 Å². The summed E-state index contributed by atoms with van der Waals surface area (Å²) in [5.74, 6) is 1.90. The molecule has 7 heteroatoms. The average Bonchev–Trinajstić information content (AvgIpc) is 2.87. The Morgan fingerprint density at radius 1 is 1.33 bits per heavy atom. The number of ether oxygens (including phenoxy) is 1. The maximum atomic E-state index is 12.6. The maximum Gasteiger partial charge on any atom is 0.256 e. The quantitative estimate of drug-likeness (QED) is 0.864. The van der Waals surface area contributed by atoms with E-state index < -0.39 is 0 Å². The fraction of sp³-hybridized carbons (Fsp3) is 0.450. The van der Waals surface area contributed by atoms with Crippen molar-refractivity contribution in [1.29, 1.82) is 0 Å². The van der Waals surface area contributed by atoms with Crippen molar-refractivity contribution in [3.05, 3.63) is 51.4 Å². The Morgan fingerprint density at radius 2 is 2.11 bits per heavy atom. The van der Waals surface area contributed by atoms with E-state index in [4.69, 9.17) is 4.74 Å². The van der Waals surface area contributed by atoms with Crippen LogP contribution >= 0.6 is 0 Å². The van der Waals surface area contributed by atoms with Gasteiger partial charge in [0.2, 0.25) is 11.9 Å². The molecule has 0 bridgehead atoms. The molecule has 3 heterocycles. The molecule has 2 aromatic rings. The minimum absolute atomic E-state index is 0.116. The van der Waals surface area contributed by atoms with Crippen molar-refractivity contribution in [3.8, 4) is 5.75 Å². The number of piperidine rings is 1. The van der Waals surface area contributed by atoms with Crippen LogP contribution in [-0.2, 0) is 17.8 Å². The third-order valence-corrected chi connectivity index (χ3v) is 5.42. The fourth-order valence-electron chi connectivity index (χ4n) is 3.75. The summed E-state index contributed by atoms with van der Waals surface area (Å²) in [6.07, 6.45) is 2.44. The predicted octanol–water partition coefficient (Wildman–Crippen LogP) is 1.92. The van der Waals surface area contributed by atoms with E-state index >= 15 is 0 Å². The zero-order chi connectivity index (χ0) is 18.8. The number of aromatic amines is 1. The number of para-hydroxylation sites is 1. The molecule has 1 aromatic heterocycles. The van der Waals surface area contributed by atoms with Gasteiger partial charge in [0.25, 0.3) is 5.56 Å². The molecule has 1 fully saturated rings. The second kappa shape index (κ2) is 7.42. The summed E-state index contributed by atoms with van der Waals surface area (Å²) in [6, 6.07) is 7.77. The number of hydrogen-bond donors (Lipinski definition) is 2. The number of amides is 1. The minimum atomic E-state index is -0.116. The van der Waals surface area contributed by atoms with Crippen molar-refractivity contribution >= 4 is 11.9 Å². The normalized spacial score (nSPS) is 16.7. The molecule has 1 aromatic carbocycles. The van der Waals surface area contributed by atoms with Crippen LogP contribution in [0.15, 0.2) is 29.1 Å². The summed E-state index contributed by atoms with van der Waals surface area (Å²) in [7, 11) is 0. The van der Waals surface area contributed by atoms with Gasteiger partial charge in [-0.15, -0.1) is 0 Å². The summed E-state index contributed by atoms with van der Waals surface area (Å²) >= 11 is 0. The van der Waals surface area contributed by atoms with E-state index in [0.29, 0.717) is 36.2 Å². The number of carbonyl (C=O) groups excluding carboxylic acids is 1. The second-order valence-electron chi connectivity index (χ2n) is 7.24. The molecule has 142 valence electrons. The van der Waals surface area contributed by atoms with Gasteiger partial charge in [-0.3, -0.25) is 14.6 Å². The van der Waals surface area contributed by atoms with Gasteiger partial charge >= 0.3 is 0 Å². The summed E-state index contributed by atoms with van der Waals surface area (Å²) in [6.45, 7) is 4.23. The topological polar surface area (TPSA) is 87.3 Å². The summed E-state index contributed by atoms with van der Waals surface area (Å²) in [5.41, 5.74) is 2.24. The van der Waals surface area contributed by atoms with Crippen LogP contribution in [0.25, 0.3) is 0 Å². The van der Waals surface area contributed by atoms with Gasteiger partial charge in [0, 0.05) is 38.5 Å². The Hall–Kier alpha value is -2.83. The first-order chi connectivity index (χ1) is 13.1. The molecular weight excluding hydrogens is 344 g/mol. The zero-order valence-corrected chi connectivity index (χ0v) is 15.5. The first-order valence-corrected chi connectivity index (χ1v) is 9.42. The third kappa shape index (κ3) is 3.82. The molecule has 2 aliphatic rings. The van der Waals surface area contributed by atoms with Gasteiger partial charge < -0.3 is 15.0 Å². The van der Waals surface area contributed by atoms with Crippen molar-refractivity contribution in [2.45, 2.75) is 32.8 Å². The van der Waals surface area contributed by atoms with Crippen LogP contribution < -0.4 is 15.6 Å². The van der Waals surface area contributed by atoms with E-state index in [-0.39, 0.29) is 11.5 Å². The number of nitrogens with zero attached hydrogens (tertiary/aromatic N) is 2. The Balaban J connectivity index is 1.43. The number of hydrogen-bond acceptors (Lipinski definition) is 5. The van der Waals surface area contributed by atoms with Crippen molar-refractivity contribution < 1.29 is 9.53 Å². The van der Waals surface area contributed by atoms with Crippen molar-refractivity contribution in [2.24, 2.45) is 5.92 Å². The van der Waals surface area contributed by atoms with Gasteiger partial charge in [-0.25, -0.2) is 4.98 Å². The first-order valence-electron chi connectivity index (χ1n) is 9.42. The number of aromatic nitrogens is 2. The van der Waals surface area contributed by atoms with E-state index in [1.165, 1.54) is 0 Å². The summed E-state index contributed by atoms with van der Waals surface area (Å²) < 4.78 is 5.83. The molecule has 0 spiro atoms. The smallest absolute Gasteiger partial charge is 0.256 e. The Bertz CT molecular complexity index is 900. The molecule has 0 unspecified atom stereocenters.